The van der Waals surface area contributed by atoms with Gasteiger partial charge in [-0.3, -0.25) is 4.79 Å². The summed E-state index contributed by atoms with van der Waals surface area (Å²) in [4.78, 5) is 11.2. The first kappa shape index (κ1) is 15.3. The normalized spacial score (nSPS) is 15.2. The summed E-state index contributed by atoms with van der Waals surface area (Å²) in [5.74, 6) is 0.801. The Balaban J connectivity index is 2.26. The van der Waals surface area contributed by atoms with Crippen molar-refractivity contribution in [3.63, 3.8) is 0 Å². The van der Waals surface area contributed by atoms with Crippen LogP contribution in [0.5, 0.6) is 11.5 Å². The monoisotopic (exact) mass is 312 g/mol. The average molecular weight is 312 g/mol. The number of rotatable bonds is 3. The molecule has 3 nitrogen and oxygen atoms in total. The van der Waals surface area contributed by atoms with Crippen molar-refractivity contribution in [3.05, 3.63) is 65.0 Å². The van der Waals surface area contributed by atoms with Gasteiger partial charge < -0.3 is 9.47 Å². The summed E-state index contributed by atoms with van der Waals surface area (Å²) >= 11 is 0. The Labute approximate surface area is 134 Å². The van der Waals surface area contributed by atoms with Crippen molar-refractivity contribution in [2.45, 2.75) is 19.4 Å². The Morgan fingerprint density at radius 2 is 1.87 bits per heavy atom. The molecule has 23 heavy (non-hydrogen) atoms. The number of carbonyl (C=O) groups excluding carboxylic acids is 1. The molecule has 0 amide bonds. The van der Waals surface area contributed by atoms with Gasteiger partial charge in [0.1, 0.15) is 17.7 Å². The lowest BCUT2D eigenvalue weighted by atomic mass is 9.89. The Kier molecular flexibility index (Phi) is 3.68. The maximum atomic E-state index is 13.2. The van der Waals surface area contributed by atoms with Crippen LogP contribution in [-0.4, -0.2) is 19.0 Å². The molecule has 0 spiro atoms. The van der Waals surface area contributed by atoms with Crippen molar-refractivity contribution < 1.29 is 18.7 Å². The first-order chi connectivity index (χ1) is 10.9. The number of benzene rings is 2. The second-order valence-corrected chi connectivity index (χ2v) is 5.99. The topological polar surface area (TPSA) is 35.5 Å². The van der Waals surface area contributed by atoms with E-state index in [4.69, 9.17) is 9.47 Å². The third-order valence-corrected chi connectivity index (χ3v) is 3.74. The van der Waals surface area contributed by atoms with Crippen LogP contribution < -0.4 is 9.47 Å². The van der Waals surface area contributed by atoms with Gasteiger partial charge in [0.15, 0.2) is 11.5 Å². The summed E-state index contributed by atoms with van der Waals surface area (Å²) in [6, 6.07) is 9.67. The van der Waals surface area contributed by atoms with Gasteiger partial charge in [-0.1, -0.05) is 12.1 Å². The lowest BCUT2D eigenvalue weighted by Gasteiger charge is -2.32. The molecule has 0 N–H and O–H groups in total. The maximum Gasteiger partial charge on any atom is 0.170 e. The van der Waals surface area contributed by atoms with Crippen molar-refractivity contribution in [1.29, 1.82) is 0 Å². The van der Waals surface area contributed by atoms with E-state index in [0.717, 1.165) is 23.0 Å². The molecule has 2 aromatic rings. The molecule has 0 aromatic heterocycles. The number of hydrogen-bond donors (Lipinski definition) is 0. The minimum absolute atomic E-state index is 0.292. The fourth-order valence-corrected chi connectivity index (χ4v) is 2.73. The molecule has 0 saturated heterocycles. The van der Waals surface area contributed by atoms with E-state index in [1.54, 1.807) is 24.3 Å². The molecule has 1 heterocycles. The molecule has 0 aliphatic carbocycles. The SMILES string of the molecule is COc1cc(C=O)cc2c1OC(C)(C)C=C2c1ccc(F)cc1. The third-order valence-electron chi connectivity index (χ3n) is 3.74. The molecule has 1 aliphatic rings. The number of methoxy groups -OCH3 is 1. The van der Waals surface area contributed by atoms with E-state index in [2.05, 4.69) is 0 Å². The van der Waals surface area contributed by atoms with Gasteiger partial charge in [-0.15, -0.1) is 0 Å². The number of fused-ring (bicyclic) bond motifs is 1. The molecule has 4 heteroatoms. The average Bonchev–Trinajstić information content (AvgIpc) is 2.53. The van der Waals surface area contributed by atoms with Gasteiger partial charge in [-0.2, -0.15) is 0 Å². The molecule has 1 aliphatic heterocycles. The molecule has 3 rings (SSSR count). The predicted octanol–water partition coefficient (Wildman–Crippen LogP) is 4.25. The van der Waals surface area contributed by atoms with Crippen molar-refractivity contribution >= 4 is 11.9 Å². The standard InChI is InChI=1S/C19H17FO3/c1-19(2)10-16(13-4-6-14(20)7-5-13)15-8-12(11-21)9-17(22-3)18(15)23-19/h4-11H,1-3H3. The molecule has 0 atom stereocenters. The van der Waals surface area contributed by atoms with Gasteiger partial charge in [0.05, 0.1) is 7.11 Å². The van der Waals surface area contributed by atoms with E-state index in [1.807, 2.05) is 19.9 Å². The Bertz CT molecular complexity index is 789. The van der Waals surface area contributed by atoms with Crippen molar-refractivity contribution in [1.82, 2.24) is 0 Å². The zero-order valence-electron chi connectivity index (χ0n) is 13.2. The lowest BCUT2D eigenvalue weighted by molar-refractivity contribution is 0.112. The molecule has 0 fully saturated rings. The van der Waals surface area contributed by atoms with Crippen LogP contribution in [0.3, 0.4) is 0 Å². The van der Waals surface area contributed by atoms with E-state index in [0.29, 0.717) is 17.1 Å². The quantitative estimate of drug-likeness (QED) is 0.795. The minimum Gasteiger partial charge on any atom is -0.493 e. The van der Waals surface area contributed by atoms with Crippen LogP contribution >= 0.6 is 0 Å². The zero-order chi connectivity index (χ0) is 16.6. The summed E-state index contributed by atoms with van der Waals surface area (Å²) < 4.78 is 24.6. The van der Waals surface area contributed by atoms with Crippen LogP contribution in [0.25, 0.3) is 5.57 Å². The second-order valence-electron chi connectivity index (χ2n) is 5.99. The van der Waals surface area contributed by atoms with Crippen molar-refractivity contribution in [2.75, 3.05) is 7.11 Å². The summed E-state index contributed by atoms with van der Waals surface area (Å²) in [5, 5.41) is 0. The van der Waals surface area contributed by atoms with E-state index in [9.17, 15) is 9.18 Å². The van der Waals surface area contributed by atoms with Crippen LogP contribution in [0.2, 0.25) is 0 Å². The number of aldehydes is 1. The van der Waals surface area contributed by atoms with Gasteiger partial charge in [0.25, 0.3) is 0 Å². The van der Waals surface area contributed by atoms with Crippen LogP contribution in [0, 0.1) is 5.82 Å². The summed E-state index contributed by atoms with van der Waals surface area (Å²) in [7, 11) is 1.54. The molecular weight excluding hydrogens is 295 g/mol. The summed E-state index contributed by atoms with van der Waals surface area (Å²) in [6.45, 7) is 3.87. The fourth-order valence-electron chi connectivity index (χ4n) is 2.73. The largest absolute Gasteiger partial charge is 0.493 e. The highest BCUT2D eigenvalue weighted by atomic mass is 19.1. The van der Waals surface area contributed by atoms with Gasteiger partial charge in [0.2, 0.25) is 0 Å². The highest BCUT2D eigenvalue weighted by Gasteiger charge is 2.30. The van der Waals surface area contributed by atoms with Gasteiger partial charge in [0, 0.05) is 11.1 Å². The van der Waals surface area contributed by atoms with E-state index in [1.165, 1.54) is 19.2 Å². The van der Waals surface area contributed by atoms with Gasteiger partial charge >= 0.3 is 0 Å². The van der Waals surface area contributed by atoms with E-state index in [-0.39, 0.29) is 5.82 Å². The summed E-state index contributed by atoms with van der Waals surface area (Å²) in [5.41, 5.74) is 2.45. The fraction of sp³-hybridized carbons (Fsp3) is 0.211. The van der Waals surface area contributed by atoms with Gasteiger partial charge in [-0.05, 0) is 55.3 Å². The number of carbonyl (C=O) groups is 1. The van der Waals surface area contributed by atoms with E-state index >= 15 is 0 Å². The third kappa shape index (κ3) is 2.84. The molecule has 0 radical (unpaired) electrons. The van der Waals surface area contributed by atoms with Crippen LogP contribution in [0.15, 0.2) is 42.5 Å². The highest BCUT2D eigenvalue weighted by molar-refractivity contribution is 5.89. The smallest absolute Gasteiger partial charge is 0.170 e. The molecule has 0 unspecified atom stereocenters. The van der Waals surface area contributed by atoms with Crippen LogP contribution in [0.4, 0.5) is 4.39 Å². The molecular formula is C19H17FO3. The summed E-state index contributed by atoms with van der Waals surface area (Å²) in [6.07, 6.45) is 2.74. The number of ether oxygens (including phenoxy) is 2. The maximum absolute atomic E-state index is 13.2. The van der Waals surface area contributed by atoms with E-state index < -0.39 is 5.60 Å². The Hall–Kier alpha value is -2.62. The number of halogens is 1. The highest BCUT2D eigenvalue weighted by Crippen LogP contribution is 2.45. The first-order valence-corrected chi connectivity index (χ1v) is 7.29. The van der Waals surface area contributed by atoms with Crippen LogP contribution in [-0.2, 0) is 0 Å². The Morgan fingerprint density at radius 1 is 1.17 bits per heavy atom. The lowest BCUT2D eigenvalue weighted by Crippen LogP contribution is -2.29. The Morgan fingerprint density at radius 3 is 2.48 bits per heavy atom. The molecule has 0 saturated carbocycles. The minimum atomic E-state index is -0.549. The van der Waals surface area contributed by atoms with Gasteiger partial charge in [-0.25, -0.2) is 4.39 Å². The van der Waals surface area contributed by atoms with Crippen molar-refractivity contribution in [2.24, 2.45) is 0 Å². The second kappa shape index (κ2) is 5.54. The molecule has 0 bridgehead atoms. The van der Waals surface area contributed by atoms with Crippen LogP contribution in [0.1, 0.15) is 35.3 Å². The number of hydrogen-bond acceptors (Lipinski definition) is 3. The predicted molar refractivity (Wildman–Crippen MR) is 86.6 cm³/mol. The zero-order valence-corrected chi connectivity index (χ0v) is 13.2. The molecule has 2 aromatic carbocycles. The first-order valence-electron chi connectivity index (χ1n) is 7.29. The van der Waals surface area contributed by atoms with Crippen molar-refractivity contribution in [3.8, 4) is 11.5 Å². The molecule has 118 valence electrons.